The number of amides is 1. The summed E-state index contributed by atoms with van der Waals surface area (Å²) in [6.45, 7) is 5.01. The number of nitrogens with one attached hydrogen (secondary N) is 2. The summed E-state index contributed by atoms with van der Waals surface area (Å²) in [6.07, 6.45) is 3.56. The Morgan fingerprint density at radius 1 is 1.50 bits per heavy atom. The third-order valence-corrected chi connectivity index (χ3v) is 2.90. The average molecular weight is 270 g/mol. The maximum Gasteiger partial charge on any atom is 0.252 e. The van der Waals surface area contributed by atoms with E-state index in [0.717, 1.165) is 12.8 Å². The van der Waals surface area contributed by atoms with Gasteiger partial charge in [-0.15, -0.1) is 0 Å². The van der Waals surface area contributed by atoms with Crippen LogP contribution in [-0.2, 0) is 0 Å². The summed E-state index contributed by atoms with van der Waals surface area (Å²) in [6, 6.07) is 1.65. The van der Waals surface area contributed by atoms with Crippen molar-refractivity contribution < 1.29 is 4.79 Å². The van der Waals surface area contributed by atoms with E-state index in [9.17, 15) is 4.79 Å². The van der Waals surface area contributed by atoms with E-state index in [1.165, 1.54) is 6.20 Å². The number of carbonyl (C=O) groups is 1. The molecule has 0 unspecified atom stereocenters. The first-order valence-electron chi connectivity index (χ1n) is 6.16. The van der Waals surface area contributed by atoms with Crippen LogP contribution in [0, 0.1) is 5.92 Å². The molecule has 0 bridgehead atoms. The van der Waals surface area contributed by atoms with E-state index in [1.54, 1.807) is 13.1 Å². The van der Waals surface area contributed by atoms with Gasteiger partial charge in [0.2, 0.25) is 0 Å². The summed E-state index contributed by atoms with van der Waals surface area (Å²) in [5.74, 6) is 1.14. The highest BCUT2D eigenvalue weighted by Gasteiger charge is 2.11. The number of aromatic nitrogens is 1. The van der Waals surface area contributed by atoms with Crippen LogP contribution in [0.2, 0.25) is 5.02 Å². The van der Waals surface area contributed by atoms with Crippen molar-refractivity contribution in [2.75, 3.05) is 18.9 Å². The van der Waals surface area contributed by atoms with Crippen molar-refractivity contribution in [3.05, 3.63) is 22.8 Å². The lowest BCUT2D eigenvalue weighted by atomic mass is 10.1. The van der Waals surface area contributed by atoms with Crippen LogP contribution in [0.25, 0.3) is 0 Å². The summed E-state index contributed by atoms with van der Waals surface area (Å²) >= 11 is 5.96. The Balaban J connectivity index is 2.55. The fourth-order valence-electron chi connectivity index (χ4n) is 1.56. The van der Waals surface area contributed by atoms with Gasteiger partial charge in [-0.05, 0) is 24.8 Å². The highest BCUT2D eigenvalue weighted by Crippen LogP contribution is 2.17. The second-order valence-electron chi connectivity index (χ2n) is 4.59. The molecule has 1 heterocycles. The topological polar surface area (TPSA) is 54.0 Å². The van der Waals surface area contributed by atoms with Gasteiger partial charge in [0.15, 0.2) is 0 Å². The zero-order chi connectivity index (χ0) is 13.5. The Bertz CT molecular complexity index is 407. The molecule has 18 heavy (non-hydrogen) atoms. The van der Waals surface area contributed by atoms with Crippen molar-refractivity contribution in [1.82, 2.24) is 10.3 Å². The van der Waals surface area contributed by atoms with Crippen LogP contribution in [0.15, 0.2) is 12.3 Å². The maximum absolute atomic E-state index is 11.9. The predicted octanol–water partition coefficient (Wildman–Crippen LogP) is 2.94. The van der Waals surface area contributed by atoms with Crippen molar-refractivity contribution in [1.29, 1.82) is 0 Å². The SMILES string of the molecule is CNc1cc(C(=O)NCCCC(C)C)c(Cl)cn1. The van der Waals surface area contributed by atoms with Gasteiger partial charge in [0.05, 0.1) is 10.6 Å². The molecular weight excluding hydrogens is 250 g/mol. The third-order valence-electron chi connectivity index (χ3n) is 2.60. The Kier molecular flexibility index (Phi) is 5.92. The minimum Gasteiger partial charge on any atom is -0.373 e. The van der Waals surface area contributed by atoms with Crippen LogP contribution in [-0.4, -0.2) is 24.5 Å². The quantitative estimate of drug-likeness (QED) is 0.781. The molecule has 0 spiro atoms. The van der Waals surface area contributed by atoms with Gasteiger partial charge in [0.1, 0.15) is 5.82 Å². The first-order chi connectivity index (χ1) is 8.54. The lowest BCUT2D eigenvalue weighted by Gasteiger charge is -2.09. The molecule has 5 heteroatoms. The van der Waals surface area contributed by atoms with E-state index in [-0.39, 0.29) is 5.91 Å². The number of pyridine rings is 1. The van der Waals surface area contributed by atoms with Crippen LogP contribution in [0.3, 0.4) is 0 Å². The van der Waals surface area contributed by atoms with Crippen LogP contribution in [0.1, 0.15) is 37.0 Å². The standard InChI is InChI=1S/C13H20ClN3O/c1-9(2)5-4-6-16-13(18)10-7-12(15-3)17-8-11(10)14/h7-9H,4-6H2,1-3H3,(H,15,17)(H,16,18). The Labute approximate surface area is 113 Å². The molecule has 0 radical (unpaired) electrons. The monoisotopic (exact) mass is 269 g/mol. The fraction of sp³-hybridized carbons (Fsp3) is 0.538. The van der Waals surface area contributed by atoms with Crippen molar-refractivity contribution in [2.24, 2.45) is 5.92 Å². The highest BCUT2D eigenvalue weighted by atomic mass is 35.5. The van der Waals surface area contributed by atoms with E-state index >= 15 is 0 Å². The van der Waals surface area contributed by atoms with E-state index in [4.69, 9.17) is 11.6 Å². The lowest BCUT2D eigenvalue weighted by molar-refractivity contribution is 0.0952. The molecule has 1 amide bonds. The van der Waals surface area contributed by atoms with E-state index in [1.807, 2.05) is 0 Å². The number of rotatable bonds is 6. The predicted molar refractivity (Wildman–Crippen MR) is 75.2 cm³/mol. The highest BCUT2D eigenvalue weighted by molar-refractivity contribution is 6.33. The zero-order valence-electron chi connectivity index (χ0n) is 11.1. The summed E-state index contributed by atoms with van der Waals surface area (Å²) in [5, 5.41) is 6.12. The van der Waals surface area contributed by atoms with Crippen LogP contribution in [0.5, 0.6) is 0 Å². The molecule has 0 aromatic carbocycles. The molecule has 0 aliphatic heterocycles. The van der Waals surface area contributed by atoms with Gasteiger partial charge in [0.25, 0.3) is 5.91 Å². The van der Waals surface area contributed by atoms with Crippen LogP contribution >= 0.6 is 11.6 Å². The Morgan fingerprint density at radius 2 is 2.22 bits per heavy atom. The van der Waals surface area contributed by atoms with Crippen molar-refractivity contribution >= 4 is 23.3 Å². The molecule has 2 N–H and O–H groups in total. The fourth-order valence-corrected chi connectivity index (χ4v) is 1.75. The molecular formula is C13H20ClN3O. The van der Waals surface area contributed by atoms with Gasteiger partial charge in [-0.2, -0.15) is 0 Å². The average Bonchev–Trinajstić information content (AvgIpc) is 2.34. The first kappa shape index (κ1) is 14.8. The number of anilines is 1. The molecule has 100 valence electrons. The van der Waals surface area contributed by atoms with E-state index in [2.05, 4.69) is 29.5 Å². The van der Waals surface area contributed by atoms with Gasteiger partial charge in [-0.25, -0.2) is 4.98 Å². The van der Waals surface area contributed by atoms with Gasteiger partial charge in [-0.3, -0.25) is 4.79 Å². The largest absolute Gasteiger partial charge is 0.373 e. The van der Waals surface area contributed by atoms with Crippen molar-refractivity contribution in [2.45, 2.75) is 26.7 Å². The summed E-state index contributed by atoms with van der Waals surface area (Å²) in [7, 11) is 1.75. The number of carbonyl (C=O) groups excluding carboxylic acids is 1. The molecule has 0 saturated carbocycles. The third kappa shape index (κ3) is 4.53. The number of hydrogen-bond donors (Lipinski definition) is 2. The second-order valence-corrected chi connectivity index (χ2v) is 5.00. The van der Waals surface area contributed by atoms with Gasteiger partial charge >= 0.3 is 0 Å². The number of halogens is 1. The van der Waals surface area contributed by atoms with Crippen LogP contribution < -0.4 is 10.6 Å². The smallest absolute Gasteiger partial charge is 0.252 e. The molecule has 0 aliphatic carbocycles. The molecule has 1 aromatic rings. The Morgan fingerprint density at radius 3 is 2.83 bits per heavy atom. The summed E-state index contributed by atoms with van der Waals surface area (Å²) in [5.41, 5.74) is 0.459. The van der Waals surface area contributed by atoms with Crippen LogP contribution in [0.4, 0.5) is 5.82 Å². The van der Waals surface area contributed by atoms with Gasteiger partial charge in [-0.1, -0.05) is 25.4 Å². The minimum absolute atomic E-state index is 0.150. The Hall–Kier alpha value is -1.29. The molecule has 1 aromatic heterocycles. The first-order valence-corrected chi connectivity index (χ1v) is 6.54. The van der Waals surface area contributed by atoms with Gasteiger partial charge < -0.3 is 10.6 Å². The number of hydrogen-bond acceptors (Lipinski definition) is 3. The normalized spacial score (nSPS) is 10.5. The van der Waals surface area contributed by atoms with E-state index in [0.29, 0.717) is 28.9 Å². The molecule has 4 nitrogen and oxygen atoms in total. The molecule has 0 atom stereocenters. The molecule has 1 rings (SSSR count). The maximum atomic E-state index is 11.9. The summed E-state index contributed by atoms with van der Waals surface area (Å²) in [4.78, 5) is 16.0. The lowest BCUT2D eigenvalue weighted by Crippen LogP contribution is -2.25. The van der Waals surface area contributed by atoms with Crippen molar-refractivity contribution in [3.8, 4) is 0 Å². The van der Waals surface area contributed by atoms with Crippen molar-refractivity contribution in [3.63, 3.8) is 0 Å². The number of nitrogens with zero attached hydrogens (tertiary/aromatic N) is 1. The van der Waals surface area contributed by atoms with Gasteiger partial charge in [0, 0.05) is 19.8 Å². The second kappa shape index (κ2) is 7.21. The molecule has 0 saturated heterocycles. The molecule has 0 fully saturated rings. The summed E-state index contributed by atoms with van der Waals surface area (Å²) < 4.78 is 0. The molecule has 0 aliphatic rings. The van der Waals surface area contributed by atoms with E-state index < -0.39 is 0 Å². The minimum atomic E-state index is -0.150. The zero-order valence-corrected chi connectivity index (χ0v) is 11.8.